The quantitative estimate of drug-likeness (QED) is 0.816. The fourth-order valence-corrected chi connectivity index (χ4v) is 2.49. The molecule has 0 saturated heterocycles. The molecule has 0 bridgehead atoms. The Morgan fingerprint density at radius 3 is 2.79 bits per heavy atom. The average molecular weight is 331 g/mol. The second-order valence-corrected chi connectivity index (χ2v) is 6.31. The van der Waals surface area contributed by atoms with E-state index in [1.165, 1.54) is 0 Å². The van der Waals surface area contributed by atoms with Gasteiger partial charge in [0.1, 0.15) is 11.4 Å². The average Bonchev–Trinajstić information content (AvgIpc) is 3.01. The third-order valence-electron chi connectivity index (χ3n) is 3.64. The van der Waals surface area contributed by atoms with Crippen LogP contribution in [0.15, 0.2) is 30.5 Å². The number of hydrogen-bond donors (Lipinski definition) is 2. The first kappa shape index (κ1) is 18.0. The molecule has 2 N–H and O–H groups in total. The van der Waals surface area contributed by atoms with E-state index in [0.29, 0.717) is 23.8 Å². The lowest BCUT2D eigenvalue weighted by Crippen LogP contribution is -2.33. The summed E-state index contributed by atoms with van der Waals surface area (Å²) in [7, 11) is 1.60. The number of carbonyl (C=O) groups excluding carboxylic acids is 1. The maximum Gasteiger partial charge on any atom is 0.271 e. The van der Waals surface area contributed by atoms with Crippen LogP contribution < -0.4 is 10.1 Å². The molecule has 1 atom stereocenters. The van der Waals surface area contributed by atoms with Gasteiger partial charge in [-0.15, -0.1) is 0 Å². The Morgan fingerprint density at radius 2 is 2.12 bits per heavy atom. The van der Waals surface area contributed by atoms with Gasteiger partial charge < -0.3 is 15.2 Å². The molecular formula is C18H25N3O3. The van der Waals surface area contributed by atoms with E-state index in [1.807, 2.05) is 39.0 Å². The van der Waals surface area contributed by atoms with Crippen LogP contribution in [0.4, 0.5) is 0 Å². The van der Waals surface area contributed by atoms with Gasteiger partial charge in [-0.1, -0.05) is 19.9 Å². The van der Waals surface area contributed by atoms with Crippen LogP contribution in [-0.4, -0.2) is 40.6 Å². The molecule has 6 heteroatoms. The molecule has 2 aromatic rings. The van der Waals surface area contributed by atoms with E-state index in [2.05, 4.69) is 10.4 Å². The summed E-state index contributed by atoms with van der Waals surface area (Å²) < 4.78 is 6.96. The topological polar surface area (TPSA) is 76.4 Å². The highest BCUT2D eigenvalue weighted by Gasteiger charge is 2.14. The van der Waals surface area contributed by atoms with Crippen LogP contribution in [0, 0.1) is 12.8 Å². The highest BCUT2D eigenvalue weighted by atomic mass is 16.5. The second kappa shape index (κ2) is 7.97. The van der Waals surface area contributed by atoms with E-state index < -0.39 is 6.10 Å². The Morgan fingerprint density at radius 1 is 1.38 bits per heavy atom. The first-order valence-corrected chi connectivity index (χ1v) is 8.07. The highest BCUT2D eigenvalue weighted by Crippen LogP contribution is 2.23. The smallest absolute Gasteiger partial charge is 0.271 e. The molecule has 1 heterocycles. The van der Waals surface area contributed by atoms with Gasteiger partial charge in [-0.2, -0.15) is 5.10 Å². The maximum atomic E-state index is 12.2. The lowest BCUT2D eigenvalue weighted by Gasteiger charge is -2.13. The van der Waals surface area contributed by atoms with Crippen LogP contribution in [0.1, 0.15) is 36.3 Å². The molecule has 0 aliphatic carbocycles. The Balaban J connectivity index is 2.08. The summed E-state index contributed by atoms with van der Waals surface area (Å²) in [4.78, 5) is 12.2. The van der Waals surface area contributed by atoms with Gasteiger partial charge in [-0.05, 0) is 43.0 Å². The Hall–Kier alpha value is -2.34. The van der Waals surface area contributed by atoms with E-state index in [9.17, 15) is 9.90 Å². The first-order valence-electron chi connectivity index (χ1n) is 8.07. The molecule has 6 nitrogen and oxygen atoms in total. The molecule has 1 aromatic carbocycles. The van der Waals surface area contributed by atoms with Gasteiger partial charge >= 0.3 is 0 Å². The number of amides is 1. The molecule has 1 unspecified atom stereocenters. The largest absolute Gasteiger partial charge is 0.494 e. The number of aromatic nitrogens is 2. The van der Waals surface area contributed by atoms with Crippen molar-refractivity contribution < 1.29 is 14.6 Å². The Bertz CT molecular complexity index is 695. The predicted molar refractivity (Wildman–Crippen MR) is 92.6 cm³/mol. The van der Waals surface area contributed by atoms with Gasteiger partial charge in [0, 0.05) is 12.7 Å². The summed E-state index contributed by atoms with van der Waals surface area (Å²) in [6.45, 7) is 6.26. The zero-order valence-corrected chi connectivity index (χ0v) is 14.6. The van der Waals surface area contributed by atoms with Gasteiger partial charge in [-0.3, -0.25) is 4.79 Å². The van der Waals surface area contributed by atoms with Gasteiger partial charge in [0.2, 0.25) is 0 Å². The molecule has 1 aromatic heterocycles. The number of aryl methyl sites for hydroxylation is 1. The number of aliphatic hydroxyl groups is 1. The van der Waals surface area contributed by atoms with Gasteiger partial charge in [0.05, 0.1) is 13.2 Å². The predicted octanol–water partition coefficient (Wildman–Crippen LogP) is 2.33. The normalized spacial score (nSPS) is 12.2. The number of benzene rings is 1. The number of nitrogens with zero attached hydrogens (tertiary/aromatic N) is 2. The van der Waals surface area contributed by atoms with Crippen molar-refractivity contribution in [2.24, 2.45) is 5.92 Å². The van der Waals surface area contributed by atoms with Crippen molar-refractivity contribution in [3.63, 3.8) is 0 Å². The van der Waals surface area contributed by atoms with Crippen LogP contribution in [0.2, 0.25) is 0 Å². The fraction of sp³-hybridized carbons (Fsp3) is 0.444. The van der Waals surface area contributed by atoms with E-state index in [4.69, 9.17) is 4.74 Å². The number of carbonyl (C=O) groups is 1. The van der Waals surface area contributed by atoms with Gasteiger partial charge in [0.25, 0.3) is 5.91 Å². The molecule has 2 rings (SSSR count). The van der Waals surface area contributed by atoms with E-state index >= 15 is 0 Å². The minimum absolute atomic E-state index is 0.220. The van der Waals surface area contributed by atoms with Crippen molar-refractivity contribution in [1.29, 1.82) is 0 Å². The minimum Gasteiger partial charge on any atom is -0.494 e. The Kier molecular flexibility index (Phi) is 5.98. The summed E-state index contributed by atoms with van der Waals surface area (Å²) >= 11 is 0. The molecule has 0 spiro atoms. The van der Waals surface area contributed by atoms with Crippen LogP contribution in [0.5, 0.6) is 5.75 Å². The summed E-state index contributed by atoms with van der Waals surface area (Å²) in [6, 6.07) is 7.41. The summed E-state index contributed by atoms with van der Waals surface area (Å²) in [5.74, 6) is 0.760. The first-order chi connectivity index (χ1) is 11.4. The van der Waals surface area contributed by atoms with Gasteiger partial charge in [0.15, 0.2) is 5.69 Å². The number of ether oxygens (including phenoxy) is 1. The molecule has 1 amide bonds. The van der Waals surface area contributed by atoms with Crippen molar-refractivity contribution in [3.8, 4) is 11.4 Å². The van der Waals surface area contributed by atoms with Crippen molar-refractivity contribution in [2.75, 3.05) is 13.7 Å². The van der Waals surface area contributed by atoms with E-state index in [0.717, 1.165) is 11.3 Å². The number of hydrogen-bond acceptors (Lipinski definition) is 4. The molecule has 24 heavy (non-hydrogen) atoms. The summed E-state index contributed by atoms with van der Waals surface area (Å²) in [5.41, 5.74) is 2.15. The van der Waals surface area contributed by atoms with Crippen LogP contribution in [0.3, 0.4) is 0 Å². The Labute approximate surface area is 142 Å². The zero-order valence-electron chi connectivity index (χ0n) is 14.6. The van der Waals surface area contributed by atoms with Crippen molar-refractivity contribution in [2.45, 2.75) is 33.3 Å². The van der Waals surface area contributed by atoms with Crippen LogP contribution in [0.25, 0.3) is 5.69 Å². The van der Waals surface area contributed by atoms with Crippen molar-refractivity contribution in [1.82, 2.24) is 15.1 Å². The minimum atomic E-state index is -0.548. The van der Waals surface area contributed by atoms with E-state index in [1.54, 1.807) is 24.1 Å². The highest BCUT2D eigenvalue weighted by molar-refractivity contribution is 5.92. The number of nitrogens with one attached hydrogen (secondary N) is 1. The van der Waals surface area contributed by atoms with Gasteiger partial charge in [-0.25, -0.2) is 4.68 Å². The molecule has 0 aliphatic heterocycles. The number of aliphatic hydroxyl groups excluding tert-OH is 1. The molecule has 0 fully saturated rings. The third-order valence-corrected chi connectivity index (χ3v) is 3.64. The lowest BCUT2D eigenvalue weighted by molar-refractivity contribution is 0.0895. The van der Waals surface area contributed by atoms with E-state index in [-0.39, 0.29) is 12.5 Å². The summed E-state index contributed by atoms with van der Waals surface area (Å²) in [6.07, 6.45) is 1.82. The SMILES string of the molecule is COc1ccc(C)cc1-n1ccc(C(=O)NCC(O)CC(C)C)n1. The number of rotatable bonds is 7. The molecule has 0 saturated carbocycles. The zero-order chi connectivity index (χ0) is 17.7. The molecule has 130 valence electrons. The van der Waals surface area contributed by atoms with Crippen LogP contribution in [-0.2, 0) is 0 Å². The monoisotopic (exact) mass is 331 g/mol. The fourth-order valence-electron chi connectivity index (χ4n) is 2.49. The number of methoxy groups -OCH3 is 1. The molecular weight excluding hydrogens is 306 g/mol. The maximum absolute atomic E-state index is 12.2. The van der Waals surface area contributed by atoms with Crippen molar-refractivity contribution in [3.05, 3.63) is 41.7 Å². The third kappa shape index (κ3) is 4.58. The lowest BCUT2D eigenvalue weighted by atomic mass is 10.1. The molecule has 0 radical (unpaired) electrons. The van der Waals surface area contributed by atoms with Crippen LogP contribution >= 0.6 is 0 Å². The molecule has 0 aliphatic rings. The standard InChI is InChI=1S/C18H25N3O3/c1-12(2)9-14(22)11-19-18(23)15-7-8-21(20-15)16-10-13(3)5-6-17(16)24-4/h5-8,10,12,14,22H,9,11H2,1-4H3,(H,19,23). The van der Waals surface area contributed by atoms with Crippen molar-refractivity contribution >= 4 is 5.91 Å². The second-order valence-electron chi connectivity index (χ2n) is 6.31. The summed E-state index contributed by atoms with van der Waals surface area (Å²) in [5, 5.41) is 16.9.